The molecule has 172 valence electrons. The molecule has 1 atom stereocenters. The molecule has 3 N–H and O–H groups in total. The average Bonchev–Trinajstić information content (AvgIpc) is 2.79. The zero-order chi connectivity index (χ0) is 24.1. The van der Waals surface area contributed by atoms with Gasteiger partial charge in [0.25, 0.3) is 5.91 Å². The lowest BCUT2D eigenvalue weighted by molar-refractivity contribution is -0.158. The number of carboxylic acids is 1. The average molecular weight is 534 g/mol. The fourth-order valence-electron chi connectivity index (χ4n) is 2.83. The molecule has 10 heteroatoms. The number of hydrogen-bond acceptors (Lipinski definition) is 6. The van der Waals surface area contributed by atoms with Crippen LogP contribution >= 0.6 is 15.9 Å². The molecule has 0 aliphatic rings. The Morgan fingerprint density at radius 3 is 2.12 bits per heavy atom. The molecule has 1 unspecified atom stereocenters. The number of amides is 1. The minimum absolute atomic E-state index is 0.205. The highest BCUT2D eigenvalue weighted by molar-refractivity contribution is 9.10. The summed E-state index contributed by atoms with van der Waals surface area (Å²) in [5, 5.41) is 22.6. The molecule has 0 radical (unpaired) electrons. The topological polar surface area (TPSA) is 130 Å². The number of para-hydroxylation sites is 1. The van der Waals surface area contributed by atoms with Crippen LogP contribution in [0.25, 0.3) is 0 Å². The normalized spacial score (nSPS) is 13.0. The molecule has 3 aromatic carbocycles. The minimum atomic E-state index is -4.20. The standard InChI is InChI=1S/C23H20BrNO7S/c24-17-8-6-16(7-9-17)21(26)25-18-10-12-20(13-11-18)33(30,31)15-23(29,22(27)28)14-32-19-4-2-1-3-5-19/h1-13,29H,14-15H2,(H,25,26)(H,27,28). The van der Waals surface area contributed by atoms with Crippen molar-refractivity contribution in [3.63, 3.8) is 0 Å². The van der Waals surface area contributed by atoms with E-state index in [2.05, 4.69) is 21.2 Å². The first-order valence-electron chi connectivity index (χ1n) is 9.62. The van der Waals surface area contributed by atoms with E-state index >= 15 is 0 Å². The van der Waals surface area contributed by atoms with E-state index in [9.17, 15) is 28.2 Å². The lowest BCUT2D eigenvalue weighted by Gasteiger charge is -2.23. The lowest BCUT2D eigenvalue weighted by Crippen LogP contribution is -2.50. The van der Waals surface area contributed by atoms with Crippen LogP contribution in [0.4, 0.5) is 5.69 Å². The number of aliphatic carboxylic acids is 1. The monoisotopic (exact) mass is 533 g/mol. The summed E-state index contributed by atoms with van der Waals surface area (Å²) in [7, 11) is -4.20. The van der Waals surface area contributed by atoms with Crippen molar-refractivity contribution in [3.8, 4) is 5.75 Å². The Morgan fingerprint density at radius 2 is 1.55 bits per heavy atom. The lowest BCUT2D eigenvalue weighted by atomic mass is 10.1. The van der Waals surface area contributed by atoms with Gasteiger partial charge < -0.3 is 20.3 Å². The maximum absolute atomic E-state index is 12.8. The van der Waals surface area contributed by atoms with Crippen LogP contribution in [0.3, 0.4) is 0 Å². The number of hydrogen-bond donors (Lipinski definition) is 3. The van der Waals surface area contributed by atoms with Gasteiger partial charge in [-0.3, -0.25) is 4.79 Å². The highest BCUT2D eigenvalue weighted by atomic mass is 79.9. The summed E-state index contributed by atoms with van der Waals surface area (Å²) in [6.07, 6.45) is 0. The molecule has 8 nitrogen and oxygen atoms in total. The van der Waals surface area contributed by atoms with Crippen LogP contribution in [-0.4, -0.2) is 48.5 Å². The van der Waals surface area contributed by atoms with Crippen molar-refractivity contribution in [2.75, 3.05) is 17.7 Å². The highest BCUT2D eigenvalue weighted by Gasteiger charge is 2.42. The summed E-state index contributed by atoms with van der Waals surface area (Å²) in [6.45, 7) is -0.757. The quantitative estimate of drug-likeness (QED) is 0.384. The minimum Gasteiger partial charge on any atom is -0.490 e. The second-order valence-electron chi connectivity index (χ2n) is 7.18. The number of halogens is 1. The first-order valence-corrected chi connectivity index (χ1v) is 12.1. The van der Waals surface area contributed by atoms with E-state index in [0.29, 0.717) is 17.0 Å². The number of carbonyl (C=O) groups excluding carboxylic acids is 1. The molecular weight excluding hydrogens is 514 g/mol. The molecule has 33 heavy (non-hydrogen) atoms. The molecule has 0 heterocycles. The van der Waals surface area contributed by atoms with Gasteiger partial charge in [-0.25, -0.2) is 13.2 Å². The van der Waals surface area contributed by atoms with Crippen LogP contribution in [0.5, 0.6) is 5.75 Å². The molecule has 0 fully saturated rings. The number of carbonyl (C=O) groups is 2. The molecule has 3 aromatic rings. The van der Waals surface area contributed by atoms with E-state index in [1.54, 1.807) is 54.6 Å². The summed E-state index contributed by atoms with van der Waals surface area (Å²) in [6, 6.07) is 20.1. The summed E-state index contributed by atoms with van der Waals surface area (Å²) >= 11 is 3.29. The molecular formula is C23H20BrNO7S. The van der Waals surface area contributed by atoms with Crippen molar-refractivity contribution in [1.29, 1.82) is 0 Å². The Bertz CT molecular complexity index is 1230. The number of sulfone groups is 1. The Hall–Kier alpha value is -3.21. The van der Waals surface area contributed by atoms with Crippen molar-refractivity contribution in [2.45, 2.75) is 10.5 Å². The Balaban J connectivity index is 1.71. The van der Waals surface area contributed by atoms with E-state index in [4.69, 9.17) is 4.74 Å². The maximum Gasteiger partial charge on any atom is 0.340 e. The molecule has 0 aliphatic carbocycles. The number of aliphatic hydroxyl groups is 1. The fraction of sp³-hybridized carbons (Fsp3) is 0.130. The predicted molar refractivity (Wildman–Crippen MR) is 125 cm³/mol. The molecule has 0 bridgehead atoms. The maximum atomic E-state index is 12.8. The molecule has 3 rings (SSSR count). The van der Waals surface area contributed by atoms with Crippen LogP contribution in [0.1, 0.15) is 10.4 Å². The van der Waals surface area contributed by atoms with Gasteiger partial charge in [-0.15, -0.1) is 0 Å². The summed E-state index contributed by atoms with van der Waals surface area (Å²) in [5.41, 5.74) is -1.90. The van der Waals surface area contributed by atoms with Gasteiger partial charge in [0.05, 0.1) is 10.6 Å². The van der Waals surface area contributed by atoms with Crippen molar-refractivity contribution >= 4 is 43.3 Å². The summed E-state index contributed by atoms with van der Waals surface area (Å²) < 4.78 is 31.7. The molecule has 0 saturated heterocycles. The van der Waals surface area contributed by atoms with E-state index < -0.39 is 33.8 Å². The zero-order valence-corrected chi connectivity index (χ0v) is 19.5. The first-order chi connectivity index (χ1) is 15.6. The van der Waals surface area contributed by atoms with E-state index in [0.717, 1.165) is 4.47 Å². The third kappa shape index (κ3) is 6.41. The van der Waals surface area contributed by atoms with Crippen LogP contribution in [-0.2, 0) is 14.6 Å². The zero-order valence-electron chi connectivity index (χ0n) is 17.1. The van der Waals surface area contributed by atoms with Crippen molar-refractivity contribution in [2.24, 2.45) is 0 Å². The summed E-state index contributed by atoms with van der Waals surface area (Å²) in [4.78, 5) is 23.7. The number of nitrogens with one attached hydrogen (secondary N) is 1. The third-order valence-electron chi connectivity index (χ3n) is 4.63. The van der Waals surface area contributed by atoms with Crippen LogP contribution < -0.4 is 10.1 Å². The van der Waals surface area contributed by atoms with Gasteiger partial charge in [0.2, 0.25) is 5.60 Å². The Kier molecular flexibility index (Phi) is 7.52. The van der Waals surface area contributed by atoms with Gasteiger partial charge in [-0.2, -0.15) is 0 Å². The van der Waals surface area contributed by atoms with Crippen molar-refractivity contribution < 1.29 is 33.0 Å². The first kappa shape index (κ1) is 24.4. The number of ether oxygens (including phenoxy) is 1. The smallest absolute Gasteiger partial charge is 0.340 e. The van der Waals surface area contributed by atoms with Crippen LogP contribution in [0.15, 0.2) is 88.2 Å². The second kappa shape index (κ2) is 10.2. The molecule has 0 aliphatic heterocycles. The predicted octanol–water partition coefficient (Wildman–Crippen LogP) is 3.37. The van der Waals surface area contributed by atoms with Crippen molar-refractivity contribution in [1.82, 2.24) is 0 Å². The van der Waals surface area contributed by atoms with Gasteiger partial charge in [0.15, 0.2) is 9.84 Å². The second-order valence-corrected chi connectivity index (χ2v) is 10.1. The molecule has 1 amide bonds. The van der Waals surface area contributed by atoms with Gasteiger partial charge >= 0.3 is 5.97 Å². The van der Waals surface area contributed by atoms with Gasteiger partial charge in [0.1, 0.15) is 12.4 Å². The molecule has 0 saturated carbocycles. The van der Waals surface area contributed by atoms with E-state index in [1.807, 2.05) is 0 Å². The number of carboxylic acid groups (broad SMARTS) is 1. The van der Waals surface area contributed by atoms with E-state index in [-0.39, 0.29) is 10.8 Å². The van der Waals surface area contributed by atoms with Crippen LogP contribution in [0, 0.1) is 0 Å². The molecule has 0 spiro atoms. The van der Waals surface area contributed by atoms with Gasteiger partial charge in [-0.05, 0) is 60.7 Å². The number of benzene rings is 3. The molecule has 0 aromatic heterocycles. The third-order valence-corrected chi connectivity index (χ3v) is 7.00. The van der Waals surface area contributed by atoms with E-state index in [1.165, 1.54) is 24.3 Å². The number of rotatable bonds is 9. The van der Waals surface area contributed by atoms with Crippen molar-refractivity contribution in [3.05, 3.63) is 88.9 Å². The summed E-state index contributed by atoms with van der Waals surface area (Å²) in [5.74, 6) is -2.90. The largest absolute Gasteiger partial charge is 0.490 e. The van der Waals surface area contributed by atoms with Crippen LogP contribution in [0.2, 0.25) is 0 Å². The van der Waals surface area contributed by atoms with Gasteiger partial charge in [0, 0.05) is 15.7 Å². The fourth-order valence-corrected chi connectivity index (χ4v) is 4.65. The Morgan fingerprint density at radius 1 is 0.939 bits per heavy atom. The Labute approximate surface area is 198 Å². The van der Waals surface area contributed by atoms with Gasteiger partial charge in [-0.1, -0.05) is 34.1 Å². The number of anilines is 1. The highest BCUT2D eigenvalue weighted by Crippen LogP contribution is 2.22. The SMILES string of the molecule is O=C(Nc1ccc(S(=O)(=O)CC(O)(COc2ccccc2)C(=O)O)cc1)c1ccc(Br)cc1.